The summed E-state index contributed by atoms with van der Waals surface area (Å²) in [6.45, 7) is 1.75. The van der Waals surface area contributed by atoms with Crippen LogP contribution in [-0.2, 0) is 4.74 Å². The van der Waals surface area contributed by atoms with Crippen LogP contribution in [0.2, 0.25) is 0 Å². The normalized spacial score (nSPS) is 21.6. The standard InChI is InChI=1S/C10H15NOS/c11-10(9-3-6-13-7-9)8-1-4-12-5-2-8/h3,6-8,10H,1-2,4-5,11H2/t10-/m1/s1. The average molecular weight is 197 g/mol. The molecule has 2 nitrogen and oxygen atoms in total. The minimum atomic E-state index is 0.218. The Morgan fingerprint density at radius 2 is 2.23 bits per heavy atom. The molecule has 2 heterocycles. The minimum Gasteiger partial charge on any atom is -0.381 e. The van der Waals surface area contributed by atoms with E-state index >= 15 is 0 Å². The van der Waals surface area contributed by atoms with Crippen LogP contribution in [0, 0.1) is 5.92 Å². The Kier molecular flexibility index (Phi) is 2.98. The van der Waals surface area contributed by atoms with E-state index in [1.807, 2.05) is 0 Å². The first-order chi connectivity index (χ1) is 6.38. The molecule has 1 fully saturated rings. The van der Waals surface area contributed by atoms with Gasteiger partial charge in [0, 0.05) is 19.3 Å². The highest BCUT2D eigenvalue weighted by molar-refractivity contribution is 7.07. The molecule has 1 atom stereocenters. The molecule has 0 unspecified atom stereocenters. The largest absolute Gasteiger partial charge is 0.381 e. The summed E-state index contributed by atoms with van der Waals surface area (Å²) in [6, 6.07) is 2.35. The molecule has 0 saturated carbocycles. The molecule has 0 bridgehead atoms. The third-order valence-electron chi connectivity index (χ3n) is 2.70. The molecule has 3 heteroatoms. The van der Waals surface area contributed by atoms with Gasteiger partial charge in [0.25, 0.3) is 0 Å². The lowest BCUT2D eigenvalue weighted by Gasteiger charge is -2.27. The Labute approximate surface area is 82.7 Å². The molecule has 72 valence electrons. The van der Waals surface area contributed by atoms with Gasteiger partial charge in [-0.05, 0) is 41.1 Å². The van der Waals surface area contributed by atoms with Crippen LogP contribution in [-0.4, -0.2) is 13.2 Å². The molecular formula is C10H15NOS. The van der Waals surface area contributed by atoms with Crippen molar-refractivity contribution in [3.63, 3.8) is 0 Å². The lowest BCUT2D eigenvalue weighted by molar-refractivity contribution is 0.0584. The van der Waals surface area contributed by atoms with Crippen LogP contribution < -0.4 is 5.73 Å². The monoisotopic (exact) mass is 197 g/mol. The Bertz CT molecular complexity index is 241. The molecule has 1 aromatic heterocycles. The zero-order chi connectivity index (χ0) is 9.10. The Morgan fingerprint density at radius 3 is 2.85 bits per heavy atom. The summed E-state index contributed by atoms with van der Waals surface area (Å²) in [5.74, 6) is 0.614. The number of ether oxygens (including phenoxy) is 1. The quantitative estimate of drug-likeness (QED) is 0.788. The lowest BCUT2D eigenvalue weighted by Crippen LogP contribution is -2.27. The highest BCUT2D eigenvalue weighted by Gasteiger charge is 2.22. The van der Waals surface area contributed by atoms with Gasteiger partial charge in [-0.2, -0.15) is 11.3 Å². The fourth-order valence-electron chi connectivity index (χ4n) is 1.81. The smallest absolute Gasteiger partial charge is 0.0469 e. The highest BCUT2D eigenvalue weighted by Crippen LogP contribution is 2.28. The molecule has 0 aliphatic carbocycles. The zero-order valence-corrected chi connectivity index (χ0v) is 8.43. The molecule has 13 heavy (non-hydrogen) atoms. The second-order valence-electron chi connectivity index (χ2n) is 3.53. The van der Waals surface area contributed by atoms with Crippen molar-refractivity contribution < 1.29 is 4.74 Å². The van der Waals surface area contributed by atoms with Gasteiger partial charge in [0.2, 0.25) is 0 Å². The third kappa shape index (κ3) is 2.10. The van der Waals surface area contributed by atoms with Crippen LogP contribution in [0.1, 0.15) is 24.4 Å². The van der Waals surface area contributed by atoms with Crippen LogP contribution in [0.15, 0.2) is 16.8 Å². The van der Waals surface area contributed by atoms with Crippen molar-refractivity contribution in [2.24, 2.45) is 11.7 Å². The second-order valence-corrected chi connectivity index (χ2v) is 4.31. The van der Waals surface area contributed by atoms with Crippen LogP contribution in [0.3, 0.4) is 0 Å². The number of thiophene rings is 1. The van der Waals surface area contributed by atoms with E-state index in [-0.39, 0.29) is 6.04 Å². The maximum atomic E-state index is 6.17. The topological polar surface area (TPSA) is 35.2 Å². The molecule has 0 aromatic carbocycles. The van der Waals surface area contributed by atoms with Gasteiger partial charge in [0.05, 0.1) is 0 Å². The molecule has 1 aromatic rings. The van der Waals surface area contributed by atoms with Gasteiger partial charge in [-0.15, -0.1) is 0 Å². The first-order valence-corrected chi connectivity index (χ1v) is 5.67. The van der Waals surface area contributed by atoms with E-state index in [4.69, 9.17) is 10.5 Å². The second kappa shape index (κ2) is 4.22. The first-order valence-electron chi connectivity index (χ1n) is 4.73. The summed E-state index contributed by atoms with van der Waals surface area (Å²) in [5.41, 5.74) is 7.45. The van der Waals surface area contributed by atoms with Crippen LogP contribution in [0.4, 0.5) is 0 Å². The summed E-state index contributed by atoms with van der Waals surface area (Å²) >= 11 is 1.72. The van der Waals surface area contributed by atoms with E-state index in [0.29, 0.717) is 5.92 Å². The van der Waals surface area contributed by atoms with Crippen LogP contribution in [0.5, 0.6) is 0 Å². The van der Waals surface area contributed by atoms with E-state index < -0.39 is 0 Å². The summed E-state index contributed by atoms with van der Waals surface area (Å²) < 4.78 is 5.31. The fraction of sp³-hybridized carbons (Fsp3) is 0.600. The van der Waals surface area contributed by atoms with Gasteiger partial charge in [0.1, 0.15) is 0 Å². The maximum Gasteiger partial charge on any atom is 0.0469 e. The molecular weight excluding hydrogens is 182 g/mol. The molecule has 1 aliphatic heterocycles. The summed E-state index contributed by atoms with van der Waals surface area (Å²) in [6.07, 6.45) is 2.22. The molecule has 0 radical (unpaired) electrons. The predicted octanol–water partition coefficient (Wildman–Crippen LogP) is 2.17. The minimum absolute atomic E-state index is 0.218. The third-order valence-corrected chi connectivity index (χ3v) is 3.40. The first kappa shape index (κ1) is 9.19. The molecule has 1 saturated heterocycles. The van der Waals surface area contributed by atoms with Crippen LogP contribution in [0.25, 0.3) is 0 Å². The Morgan fingerprint density at radius 1 is 1.46 bits per heavy atom. The van der Waals surface area contributed by atoms with Crippen molar-refractivity contribution in [3.05, 3.63) is 22.4 Å². The van der Waals surface area contributed by atoms with Crippen molar-refractivity contribution >= 4 is 11.3 Å². The van der Waals surface area contributed by atoms with E-state index in [2.05, 4.69) is 16.8 Å². The number of rotatable bonds is 2. The lowest BCUT2D eigenvalue weighted by atomic mass is 9.89. The van der Waals surface area contributed by atoms with Crippen molar-refractivity contribution in [3.8, 4) is 0 Å². The van der Waals surface area contributed by atoms with Crippen molar-refractivity contribution in [2.45, 2.75) is 18.9 Å². The SMILES string of the molecule is N[C@@H](c1ccsc1)C1CCOCC1. The number of hydrogen-bond acceptors (Lipinski definition) is 3. The molecule has 0 amide bonds. The molecule has 2 rings (SSSR count). The van der Waals surface area contributed by atoms with Crippen molar-refractivity contribution in [2.75, 3.05) is 13.2 Å². The number of nitrogens with two attached hydrogens (primary N) is 1. The summed E-state index contributed by atoms with van der Waals surface area (Å²) in [5, 5.41) is 4.24. The van der Waals surface area contributed by atoms with Gasteiger partial charge in [-0.25, -0.2) is 0 Å². The van der Waals surface area contributed by atoms with Crippen LogP contribution >= 0.6 is 11.3 Å². The number of hydrogen-bond donors (Lipinski definition) is 1. The van der Waals surface area contributed by atoms with E-state index in [1.54, 1.807) is 11.3 Å². The maximum absolute atomic E-state index is 6.17. The predicted molar refractivity (Wildman–Crippen MR) is 54.8 cm³/mol. The molecule has 0 spiro atoms. The summed E-state index contributed by atoms with van der Waals surface area (Å²) in [4.78, 5) is 0. The van der Waals surface area contributed by atoms with Crippen molar-refractivity contribution in [1.29, 1.82) is 0 Å². The van der Waals surface area contributed by atoms with E-state index in [9.17, 15) is 0 Å². The summed E-state index contributed by atoms with van der Waals surface area (Å²) in [7, 11) is 0. The van der Waals surface area contributed by atoms with Gasteiger partial charge < -0.3 is 10.5 Å². The molecule has 1 aliphatic rings. The molecule has 2 N–H and O–H groups in total. The van der Waals surface area contributed by atoms with E-state index in [0.717, 1.165) is 26.1 Å². The average Bonchev–Trinajstić information content (AvgIpc) is 2.71. The highest BCUT2D eigenvalue weighted by atomic mass is 32.1. The van der Waals surface area contributed by atoms with Gasteiger partial charge in [0.15, 0.2) is 0 Å². The van der Waals surface area contributed by atoms with Gasteiger partial charge in [-0.3, -0.25) is 0 Å². The van der Waals surface area contributed by atoms with Crippen molar-refractivity contribution in [1.82, 2.24) is 0 Å². The fourth-order valence-corrected chi connectivity index (χ4v) is 2.52. The Balaban J connectivity index is 1.99. The Hall–Kier alpha value is -0.380. The van der Waals surface area contributed by atoms with Gasteiger partial charge >= 0.3 is 0 Å². The van der Waals surface area contributed by atoms with Gasteiger partial charge in [-0.1, -0.05) is 0 Å². The zero-order valence-electron chi connectivity index (χ0n) is 7.61. The van der Waals surface area contributed by atoms with E-state index in [1.165, 1.54) is 5.56 Å².